The topological polar surface area (TPSA) is 78.1 Å². The Hall–Kier alpha value is -3.68. The molecule has 8 heteroatoms. The Balaban J connectivity index is 1.46. The molecule has 3 aromatic heterocycles. The maximum atomic E-state index is 13.2. The molecule has 0 unspecified atom stereocenters. The lowest BCUT2D eigenvalue weighted by Crippen LogP contribution is -2.36. The zero-order chi connectivity index (χ0) is 20.8. The highest BCUT2D eigenvalue weighted by Crippen LogP contribution is 2.35. The number of carbonyl (C=O) groups excluding carboxylic acids is 1. The number of aromatic nitrogens is 5. The van der Waals surface area contributed by atoms with Crippen LogP contribution in [0.15, 0.2) is 42.7 Å². The molecule has 1 aromatic carbocycles. The zero-order valence-electron chi connectivity index (χ0n) is 17.2. The lowest BCUT2D eigenvalue weighted by atomic mass is 10.0. The molecule has 0 radical (unpaired) electrons. The van der Waals surface area contributed by atoms with E-state index in [-0.39, 0.29) is 5.91 Å². The van der Waals surface area contributed by atoms with E-state index in [2.05, 4.69) is 10.1 Å². The average Bonchev–Trinajstić information content (AvgIpc) is 3.29. The smallest absolute Gasteiger partial charge is 0.254 e. The third kappa shape index (κ3) is 2.92. The number of amides is 1. The summed E-state index contributed by atoms with van der Waals surface area (Å²) < 4.78 is 9.04. The summed E-state index contributed by atoms with van der Waals surface area (Å²) in [7, 11) is 5.41. The van der Waals surface area contributed by atoms with E-state index in [0.29, 0.717) is 24.5 Å². The molecule has 1 aliphatic rings. The molecule has 0 fully saturated rings. The fourth-order valence-electron chi connectivity index (χ4n) is 4.20. The molecule has 152 valence electrons. The predicted molar refractivity (Wildman–Crippen MR) is 112 cm³/mol. The molecule has 5 rings (SSSR count). The Labute approximate surface area is 173 Å². The van der Waals surface area contributed by atoms with Gasteiger partial charge < -0.3 is 9.64 Å². The number of carbonyl (C=O) groups is 1. The van der Waals surface area contributed by atoms with Gasteiger partial charge in [0.15, 0.2) is 0 Å². The summed E-state index contributed by atoms with van der Waals surface area (Å²) >= 11 is 0. The zero-order valence-corrected chi connectivity index (χ0v) is 17.2. The van der Waals surface area contributed by atoms with Crippen LogP contribution < -0.4 is 4.74 Å². The molecule has 0 aliphatic carbocycles. The summed E-state index contributed by atoms with van der Waals surface area (Å²) in [4.78, 5) is 19.3. The number of hydrogen-bond donors (Lipinski definition) is 0. The minimum Gasteiger partial charge on any atom is -0.479 e. The second-order valence-electron chi connectivity index (χ2n) is 7.51. The van der Waals surface area contributed by atoms with Crippen molar-refractivity contribution in [2.45, 2.75) is 13.0 Å². The van der Waals surface area contributed by atoms with Crippen molar-refractivity contribution in [2.75, 3.05) is 13.7 Å². The van der Waals surface area contributed by atoms with E-state index in [1.807, 2.05) is 60.2 Å². The Bertz CT molecular complexity index is 1270. The van der Waals surface area contributed by atoms with Crippen molar-refractivity contribution in [3.63, 3.8) is 0 Å². The fraction of sp³-hybridized carbons (Fsp3) is 0.273. The average molecular weight is 402 g/mol. The van der Waals surface area contributed by atoms with E-state index in [4.69, 9.17) is 9.84 Å². The van der Waals surface area contributed by atoms with Crippen LogP contribution in [0, 0.1) is 0 Å². The van der Waals surface area contributed by atoms with Gasteiger partial charge in [0.2, 0.25) is 5.88 Å². The van der Waals surface area contributed by atoms with Gasteiger partial charge in [-0.05, 0) is 30.7 Å². The van der Waals surface area contributed by atoms with Crippen molar-refractivity contribution in [1.82, 2.24) is 29.4 Å². The van der Waals surface area contributed by atoms with Gasteiger partial charge in [0.25, 0.3) is 5.91 Å². The van der Waals surface area contributed by atoms with Crippen molar-refractivity contribution in [2.24, 2.45) is 14.1 Å². The van der Waals surface area contributed by atoms with Crippen LogP contribution in [0.5, 0.6) is 5.88 Å². The summed E-state index contributed by atoms with van der Waals surface area (Å²) in [6, 6.07) is 9.50. The highest BCUT2D eigenvalue weighted by molar-refractivity contribution is 5.98. The Kier molecular flexibility index (Phi) is 4.27. The number of aryl methyl sites for hydroxylation is 2. The molecule has 0 atom stereocenters. The van der Waals surface area contributed by atoms with E-state index in [9.17, 15) is 4.79 Å². The summed E-state index contributed by atoms with van der Waals surface area (Å²) in [6.45, 7) is 1.12. The van der Waals surface area contributed by atoms with Gasteiger partial charge in [0.1, 0.15) is 0 Å². The second-order valence-corrected chi connectivity index (χ2v) is 7.51. The number of hydrogen-bond acceptors (Lipinski definition) is 5. The van der Waals surface area contributed by atoms with Gasteiger partial charge >= 0.3 is 0 Å². The largest absolute Gasteiger partial charge is 0.479 e. The van der Waals surface area contributed by atoms with Crippen molar-refractivity contribution in [1.29, 1.82) is 0 Å². The molecule has 30 heavy (non-hydrogen) atoms. The lowest BCUT2D eigenvalue weighted by molar-refractivity contribution is 0.0732. The molecule has 8 nitrogen and oxygen atoms in total. The minimum atomic E-state index is 0.0116. The van der Waals surface area contributed by atoms with Crippen molar-refractivity contribution in [3.05, 3.63) is 59.5 Å². The number of ether oxygens (including phenoxy) is 1. The first kappa shape index (κ1) is 18.4. The highest BCUT2D eigenvalue weighted by Gasteiger charge is 2.29. The fourth-order valence-corrected chi connectivity index (χ4v) is 4.20. The number of rotatable bonds is 3. The molecule has 0 saturated heterocycles. The molecular formula is C22H22N6O2. The van der Waals surface area contributed by atoms with Crippen LogP contribution in [0.4, 0.5) is 0 Å². The molecule has 1 amide bonds. The molecule has 0 saturated carbocycles. The SMILES string of the molecule is COc1nn(C)cc1-c1c2c(nn1C)CN(C(=O)c1ccc3ncccc3c1)CC2. The van der Waals surface area contributed by atoms with Gasteiger partial charge in [-0.15, -0.1) is 5.10 Å². The number of benzene rings is 1. The van der Waals surface area contributed by atoms with Crippen LogP contribution in [0.2, 0.25) is 0 Å². The van der Waals surface area contributed by atoms with Gasteiger partial charge in [-0.1, -0.05) is 6.07 Å². The summed E-state index contributed by atoms with van der Waals surface area (Å²) in [5, 5.41) is 10.0. The molecular weight excluding hydrogens is 380 g/mol. The molecule has 4 heterocycles. The van der Waals surface area contributed by atoms with Crippen LogP contribution in [0.3, 0.4) is 0 Å². The van der Waals surface area contributed by atoms with Gasteiger partial charge in [0, 0.05) is 49.5 Å². The predicted octanol–water partition coefficient (Wildman–Crippen LogP) is 2.58. The van der Waals surface area contributed by atoms with Gasteiger partial charge in [-0.2, -0.15) is 5.10 Å². The van der Waals surface area contributed by atoms with Gasteiger partial charge in [-0.25, -0.2) is 0 Å². The van der Waals surface area contributed by atoms with Gasteiger partial charge in [0.05, 0.1) is 36.1 Å². The molecule has 0 bridgehead atoms. The molecule has 1 aliphatic heterocycles. The normalized spacial score (nSPS) is 13.5. The molecule has 0 spiro atoms. The highest BCUT2D eigenvalue weighted by atomic mass is 16.5. The minimum absolute atomic E-state index is 0.0116. The summed E-state index contributed by atoms with van der Waals surface area (Å²) in [6.07, 6.45) is 4.43. The van der Waals surface area contributed by atoms with Crippen LogP contribution in [0.25, 0.3) is 22.2 Å². The number of fused-ring (bicyclic) bond motifs is 2. The van der Waals surface area contributed by atoms with Crippen LogP contribution in [-0.4, -0.2) is 49.0 Å². The van der Waals surface area contributed by atoms with E-state index >= 15 is 0 Å². The maximum Gasteiger partial charge on any atom is 0.254 e. The maximum absolute atomic E-state index is 13.2. The first-order chi connectivity index (χ1) is 14.5. The molecule has 0 N–H and O–H groups in total. The lowest BCUT2D eigenvalue weighted by Gasteiger charge is -2.26. The first-order valence-electron chi connectivity index (χ1n) is 9.82. The third-order valence-electron chi connectivity index (χ3n) is 5.58. The monoisotopic (exact) mass is 402 g/mol. The first-order valence-corrected chi connectivity index (χ1v) is 9.82. The van der Waals surface area contributed by atoms with Crippen molar-refractivity contribution < 1.29 is 9.53 Å². The third-order valence-corrected chi connectivity index (χ3v) is 5.58. The summed E-state index contributed by atoms with van der Waals surface area (Å²) in [5.41, 5.74) is 5.53. The van der Waals surface area contributed by atoms with E-state index in [1.54, 1.807) is 18.0 Å². The molecule has 4 aromatic rings. The quantitative estimate of drug-likeness (QED) is 0.526. The Morgan fingerprint density at radius 1 is 1.17 bits per heavy atom. The van der Waals surface area contributed by atoms with Crippen LogP contribution in [-0.2, 0) is 27.1 Å². The number of methoxy groups -OCH3 is 1. The van der Waals surface area contributed by atoms with Crippen LogP contribution >= 0.6 is 0 Å². The van der Waals surface area contributed by atoms with Gasteiger partial charge in [-0.3, -0.25) is 19.1 Å². The van der Waals surface area contributed by atoms with E-state index in [0.717, 1.165) is 39.8 Å². The van der Waals surface area contributed by atoms with E-state index < -0.39 is 0 Å². The Morgan fingerprint density at radius 2 is 2.03 bits per heavy atom. The number of pyridine rings is 1. The number of nitrogens with zero attached hydrogens (tertiary/aromatic N) is 6. The van der Waals surface area contributed by atoms with Crippen LogP contribution in [0.1, 0.15) is 21.6 Å². The standard InChI is InChI=1S/C22H22N6O2/c1-26-12-17(21(25-26)30-3)20-16-8-10-28(13-19(16)24-27(20)2)22(29)15-6-7-18-14(11-15)5-4-9-23-18/h4-7,9,11-12H,8,10,13H2,1-3H3. The van der Waals surface area contributed by atoms with Crippen molar-refractivity contribution >= 4 is 16.8 Å². The van der Waals surface area contributed by atoms with Crippen molar-refractivity contribution in [3.8, 4) is 17.1 Å². The summed E-state index contributed by atoms with van der Waals surface area (Å²) in [5.74, 6) is 0.587. The van der Waals surface area contributed by atoms with E-state index in [1.165, 1.54) is 0 Å². The second kappa shape index (κ2) is 6.98. The Morgan fingerprint density at radius 3 is 2.87 bits per heavy atom.